The van der Waals surface area contributed by atoms with Gasteiger partial charge in [0.15, 0.2) is 0 Å². The van der Waals surface area contributed by atoms with Gasteiger partial charge in [0.2, 0.25) is 0 Å². The molecule has 1 N–H and O–H groups in total. The molecule has 1 aromatic carbocycles. The van der Waals surface area contributed by atoms with E-state index in [0.717, 1.165) is 11.1 Å². The standard InChI is InChI=1S/C13H14FNO/c1-10(12-3-2-4-13(14)7-12)15-8-11-5-6-16-9-11/h2-7,9-10,15H,8H2,1H3. The molecule has 1 aromatic heterocycles. The van der Waals surface area contributed by atoms with Gasteiger partial charge < -0.3 is 9.73 Å². The zero-order valence-corrected chi connectivity index (χ0v) is 9.11. The number of furan rings is 1. The van der Waals surface area contributed by atoms with Crippen LogP contribution in [0.5, 0.6) is 0 Å². The van der Waals surface area contributed by atoms with Gasteiger partial charge in [-0.25, -0.2) is 4.39 Å². The lowest BCUT2D eigenvalue weighted by molar-refractivity contribution is 0.544. The normalized spacial score (nSPS) is 12.6. The number of hydrogen-bond donors (Lipinski definition) is 1. The van der Waals surface area contributed by atoms with Crippen molar-refractivity contribution in [2.45, 2.75) is 19.5 Å². The predicted molar refractivity (Wildman–Crippen MR) is 60.4 cm³/mol. The van der Waals surface area contributed by atoms with E-state index in [1.165, 1.54) is 6.07 Å². The van der Waals surface area contributed by atoms with Crippen LogP contribution in [0.2, 0.25) is 0 Å². The van der Waals surface area contributed by atoms with E-state index in [0.29, 0.717) is 6.54 Å². The Balaban J connectivity index is 1.95. The van der Waals surface area contributed by atoms with Crippen LogP contribution in [0.3, 0.4) is 0 Å². The van der Waals surface area contributed by atoms with Crippen LogP contribution in [0.4, 0.5) is 4.39 Å². The SMILES string of the molecule is CC(NCc1ccoc1)c1cccc(F)c1. The molecule has 0 bridgehead atoms. The molecule has 0 radical (unpaired) electrons. The maximum atomic E-state index is 13.0. The smallest absolute Gasteiger partial charge is 0.123 e. The van der Waals surface area contributed by atoms with E-state index in [1.807, 2.05) is 19.1 Å². The second-order valence-electron chi connectivity index (χ2n) is 3.79. The maximum absolute atomic E-state index is 13.0. The van der Waals surface area contributed by atoms with Gasteiger partial charge in [0.25, 0.3) is 0 Å². The molecular weight excluding hydrogens is 205 g/mol. The van der Waals surface area contributed by atoms with Crippen LogP contribution in [0.15, 0.2) is 47.3 Å². The number of benzene rings is 1. The van der Waals surface area contributed by atoms with E-state index in [1.54, 1.807) is 24.7 Å². The molecule has 0 aliphatic carbocycles. The third-order valence-electron chi connectivity index (χ3n) is 2.54. The highest BCUT2D eigenvalue weighted by molar-refractivity contribution is 5.19. The van der Waals surface area contributed by atoms with Gasteiger partial charge in [0.05, 0.1) is 12.5 Å². The zero-order valence-electron chi connectivity index (χ0n) is 9.11. The fourth-order valence-electron chi connectivity index (χ4n) is 1.56. The van der Waals surface area contributed by atoms with Crippen LogP contribution in [0.1, 0.15) is 24.1 Å². The van der Waals surface area contributed by atoms with Gasteiger partial charge in [-0.1, -0.05) is 12.1 Å². The lowest BCUT2D eigenvalue weighted by Crippen LogP contribution is -2.17. The van der Waals surface area contributed by atoms with Crippen molar-refractivity contribution in [3.8, 4) is 0 Å². The molecular formula is C13H14FNO. The first kappa shape index (κ1) is 10.9. The first-order valence-electron chi connectivity index (χ1n) is 5.25. The van der Waals surface area contributed by atoms with E-state index < -0.39 is 0 Å². The second-order valence-corrected chi connectivity index (χ2v) is 3.79. The monoisotopic (exact) mass is 219 g/mol. The Labute approximate surface area is 94.1 Å². The van der Waals surface area contributed by atoms with Crippen LogP contribution in [-0.4, -0.2) is 0 Å². The number of nitrogens with one attached hydrogen (secondary N) is 1. The lowest BCUT2D eigenvalue weighted by atomic mass is 10.1. The van der Waals surface area contributed by atoms with E-state index in [9.17, 15) is 4.39 Å². The van der Waals surface area contributed by atoms with Crippen molar-refractivity contribution in [2.24, 2.45) is 0 Å². The summed E-state index contributed by atoms with van der Waals surface area (Å²) in [5.74, 6) is -0.200. The molecule has 0 fully saturated rings. The Bertz CT molecular complexity index is 439. The van der Waals surface area contributed by atoms with Crippen molar-refractivity contribution in [3.63, 3.8) is 0 Å². The molecule has 84 valence electrons. The Morgan fingerprint density at radius 3 is 2.94 bits per heavy atom. The number of halogens is 1. The fraction of sp³-hybridized carbons (Fsp3) is 0.231. The van der Waals surface area contributed by atoms with Crippen molar-refractivity contribution in [2.75, 3.05) is 0 Å². The molecule has 0 saturated heterocycles. The summed E-state index contributed by atoms with van der Waals surface area (Å²) in [6.45, 7) is 2.73. The Morgan fingerprint density at radius 2 is 2.25 bits per heavy atom. The summed E-state index contributed by atoms with van der Waals surface area (Å²) in [5.41, 5.74) is 2.03. The molecule has 0 aliphatic rings. The molecule has 1 heterocycles. The number of rotatable bonds is 4. The molecule has 2 aromatic rings. The Hall–Kier alpha value is -1.61. The molecule has 16 heavy (non-hydrogen) atoms. The van der Waals surface area contributed by atoms with Crippen molar-refractivity contribution >= 4 is 0 Å². The number of hydrogen-bond acceptors (Lipinski definition) is 2. The van der Waals surface area contributed by atoms with Crippen LogP contribution in [-0.2, 0) is 6.54 Å². The molecule has 0 amide bonds. The van der Waals surface area contributed by atoms with Crippen molar-refractivity contribution < 1.29 is 8.81 Å². The first-order valence-corrected chi connectivity index (χ1v) is 5.25. The third kappa shape index (κ3) is 2.70. The predicted octanol–water partition coefficient (Wildman–Crippen LogP) is 3.27. The maximum Gasteiger partial charge on any atom is 0.123 e. The topological polar surface area (TPSA) is 25.2 Å². The third-order valence-corrected chi connectivity index (χ3v) is 2.54. The van der Waals surface area contributed by atoms with Crippen LogP contribution in [0, 0.1) is 5.82 Å². The van der Waals surface area contributed by atoms with Crippen LogP contribution < -0.4 is 5.32 Å². The Kier molecular flexibility index (Phi) is 3.37. The summed E-state index contributed by atoms with van der Waals surface area (Å²) in [7, 11) is 0. The van der Waals surface area contributed by atoms with Gasteiger partial charge in [-0.15, -0.1) is 0 Å². The van der Waals surface area contributed by atoms with Gasteiger partial charge >= 0.3 is 0 Å². The molecule has 2 rings (SSSR count). The summed E-state index contributed by atoms with van der Waals surface area (Å²) in [6, 6.07) is 8.66. The summed E-state index contributed by atoms with van der Waals surface area (Å²) in [5, 5.41) is 3.30. The molecule has 1 unspecified atom stereocenters. The molecule has 3 heteroatoms. The molecule has 0 spiro atoms. The highest BCUT2D eigenvalue weighted by Gasteiger charge is 2.05. The van der Waals surface area contributed by atoms with E-state index in [4.69, 9.17) is 4.42 Å². The minimum absolute atomic E-state index is 0.116. The first-order chi connectivity index (χ1) is 7.75. The zero-order chi connectivity index (χ0) is 11.4. The van der Waals surface area contributed by atoms with Gasteiger partial charge in [0, 0.05) is 18.2 Å². The molecule has 0 aliphatic heterocycles. The van der Waals surface area contributed by atoms with Gasteiger partial charge in [-0.2, -0.15) is 0 Å². The second kappa shape index (κ2) is 4.94. The average molecular weight is 219 g/mol. The van der Waals surface area contributed by atoms with Crippen LogP contribution >= 0.6 is 0 Å². The van der Waals surface area contributed by atoms with E-state index in [2.05, 4.69) is 5.32 Å². The quantitative estimate of drug-likeness (QED) is 0.853. The summed E-state index contributed by atoms with van der Waals surface area (Å²) in [4.78, 5) is 0. The highest BCUT2D eigenvalue weighted by Crippen LogP contribution is 2.14. The van der Waals surface area contributed by atoms with E-state index >= 15 is 0 Å². The largest absolute Gasteiger partial charge is 0.472 e. The van der Waals surface area contributed by atoms with Crippen molar-refractivity contribution in [1.82, 2.24) is 5.32 Å². The molecule has 1 atom stereocenters. The van der Waals surface area contributed by atoms with Crippen molar-refractivity contribution in [3.05, 3.63) is 59.8 Å². The molecule has 0 saturated carbocycles. The highest BCUT2D eigenvalue weighted by atomic mass is 19.1. The van der Waals surface area contributed by atoms with E-state index in [-0.39, 0.29) is 11.9 Å². The van der Waals surface area contributed by atoms with Gasteiger partial charge in [-0.3, -0.25) is 0 Å². The summed E-state index contributed by atoms with van der Waals surface area (Å²) >= 11 is 0. The summed E-state index contributed by atoms with van der Waals surface area (Å²) in [6.07, 6.45) is 3.34. The minimum atomic E-state index is -0.200. The Morgan fingerprint density at radius 1 is 1.38 bits per heavy atom. The van der Waals surface area contributed by atoms with Gasteiger partial charge in [0.1, 0.15) is 5.82 Å². The van der Waals surface area contributed by atoms with Gasteiger partial charge in [-0.05, 0) is 30.7 Å². The lowest BCUT2D eigenvalue weighted by Gasteiger charge is -2.13. The summed E-state index contributed by atoms with van der Waals surface area (Å²) < 4.78 is 18.0. The average Bonchev–Trinajstić information content (AvgIpc) is 2.78. The minimum Gasteiger partial charge on any atom is -0.472 e. The fourth-order valence-corrected chi connectivity index (χ4v) is 1.56. The van der Waals surface area contributed by atoms with Crippen molar-refractivity contribution in [1.29, 1.82) is 0 Å². The van der Waals surface area contributed by atoms with Crippen LogP contribution in [0.25, 0.3) is 0 Å². The molecule has 2 nitrogen and oxygen atoms in total.